The van der Waals surface area contributed by atoms with E-state index in [0.717, 1.165) is 11.1 Å². The number of phenols is 1. The van der Waals surface area contributed by atoms with E-state index in [0.29, 0.717) is 29.2 Å². The molecule has 0 aromatic heterocycles. The van der Waals surface area contributed by atoms with E-state index < -0.39 is 0 Å². The smallest absolute Gasteiger partial charge is 0.224 e. The average molecular weight is 420 g/mol. The summed E-state index contributed by atoms with van der Waals surface area (Å²) in [5, 5.41) is 9.97. The van der Waals surface area contributed by atoms with Crippen LogP contribution in [-0.2, 0) is 11.3 Å². The maximum atomic E-state index is 9.97. The molecule has 0 heterocycles. The van der Waals surface area contributed by atoms with E-state index in [1.54, 1.807) is 18.2 Å². The number of hydrogen-bond acceptors (Lipinski definition) is 4. The van der Waals surface area contributed by atoms with Crippen molar-refractivity contribution in [1.82, 2.24) is 0 Å². The molecule has 0 radical (unpaired) electrons. The second-order valence-corrected chi connectivity index (χ2v) is 6.38. The van der Waals surface area contributed by atoms with E-state index in [2.05, 4.69) is 18.2 Å². The SMILES string of the molecule is C=C(N=C(OC)c1cc(O)ccc1OCc1ccccc1)C(=C)/C(C)=C\C=C/C.CC. The molecule has 2 aromatic rings. The topological polar surface area (TPSA) is 51.0 Å². The van der Waals surface area contributed by atoms with Crippen molar-refractivity contribution in [3.05, 3.63) is 108 Å². The molecule has 0 fully saturated rings. The lowest BCUT2D eigenvalue weighted by Gasteiger charge is -2.14. The molecule has 0 unspecified atom stereocenters. The first-order valence-electron chi connectivity index (χ1n) is 10.3. The van der Waals surface area contributed by atoms with E-state index in [1.807, 2.05) is 76.3 Å². The van der Waals surface area contributed by atoms with E-state index in [-0.39, 0.29) is 11.6 Å². The molecule has 4 nitrogen and oxygen atoms in total. The molecule has 2 aromatic carbocycles. The second-order valence-electron chi connectivity index (χ2n) is 6.38. The molecule has 2 rings (SSSR count). The second kappa shape index (κ2) is 13.6. The molecule has 0 atom stereocenters. The molecule has 0 aliphatic heterocycles. The highest BCUT2D eigenvalue weighted by Gasteiger charge is 2.14. The van der Waals surface area contributed by atoms with Crippen LogP contribution in [0.5, 0.6) is 11.5 Å². The molecule has 1 N–H and O–H groups in total. The zero-order chi connectivity index (χ0) is 23.2. The van der Waals surface area contributed by atoms with Crippen LogP contribution in [0.3, 0.4) is 0 Å². The van der Waals surface area contributed by atoms with Gasteiger partial charge in [0.1, 0.15) is 18.1 Å². The molecule has 0 saturated carbocycles. The Bertz CT molecular complexity index is 954. The zero-order valence-corrected chi connectivity index (χ0v) is 19.2. The van der Waals surface area contributed by atoms with Crippen LogP contribution in [0.25, 0.3) is 0 Å². The normalized spacial score (nSPS) is 11.5. The van der Waals surface area contributed by atoms with Crippen LogP contribution in [-0.4, -0.2) is 18.1 Å². The molecule has 0 bridgehead atoms. The molecule has 0 amide bonds. The molecule has 0 spiro atoms. The first kappa shape index (κ1) is 25.5. The fraction of sp³-hybridized carbons (Fsp3) is 0.222. The van der Waals surface area contributed by atoms with Crippen molar-refractivity contribution in [2.45, 2.75) is 34.3 Å². The van der Waals surface area contributed by atoms with Gasteiger partial charge in [0.15, 0.2) is 0 Å². The van der Waals surface area contributed by atoms with Gasteiger partial charge in [-0.05, 0) is 48.8 Å². The molecular weight excluding hydrogens is 386 g/mol. The number of aromatic hydroxyl groups is 1. The summed E-state index contributed by atoms with van der Waals surface area (Å²) in [5.41, 5.74) is 3.68. The van der Waals surface area contributed by atoms with Crippen LogP contribution in [0.4, 0.5) is 0 Å². The summed E-state index contributed by atoms with van der Waals surface area (Å²) < 4.78 is 11.4. The van der Waals surface area contributed by atoms with E-state index in [9.17, 15) is 5.11 Å². The highest BCUT2D eigenvalue weighted by molar-refractivity contribution is 5.98. The third-order valence-corrected chi connectivity index (χ3v) is 4.22. The molecule has 0 aliphatic carbocycles. The minimum absolute atomic E-state index is 0.0883. The maximum Gasteiger partial charge on any atom is 0.224 e. The van der Waals surface area contributed by atoms with Gasteiger partial charge in [-0.3, -0.25) is 0 Å². The highest BCUT2D eigenvalue weighted by Crippen LogP contribution is 2.27. The van der Waals surface area contributed by atoms with Crippen LogP contribution >= 0.6 is 0 Å². The number of aliphatic imine (C=N–C) groups is 1. The number of hydrogen-bond donors (Lipinski definition) is 1. The monoisotopic (exact) mass is 419 g/mol. The summed E-state index contributed by atoms with van der Waals surface area (Å²) in [4.78, 5) is 4.50. The van der Waals surface area contributed by atoms with Gasteiger partial charge in [-0.1, -0.05) is 75.6 Å². The van der Waals surface area contributed by atoms with E-state index in [1.165, 1.54) is 7.11 Å². The van der Waals surface area contributed by atoms with Gasteiger partial charge in [0.05, 0.1) is 18.4 Å². The van der Waals surface area contributed by atoms with Crippen molar-refractivity contribution in [3.63, 3.8) is 0 Å². The molecule has 4 heteroatoms. The van der Waals surface area contributed by atoms with Crippen LogP contribution < -0.4 is 4.74 Å². The van der Waals surface area contributed by atoms with Crippen molar-refractivity contribution in [3.8, 4) is 11.5 Å². The lowest BCUT2D eigenvalue weighted by atomic mass is 10.1. The molecule has 31 heavy (non-hydrogen) atoms. The number of methoxy groups -OCH3 is 1. The number of allylic oxidation sites excluding steroid dienone is 4. The summed E-state index contributed by atoms with van der Waals surface area (Å²) in [6.07, 6.45) is 5.81. The van der Waals surface area contributed by atoms with Crippen molar-refractivity contribution in [2.24, 2.45) is 4.99 Å². The Hall–Kier alpha value is -3.53. The minimum Gasteiger partial charge on any atom is -0.508 e. The largest absolute Gasteiger partial charge is 0.508 e. The maximum absolute atomic E-state index is 9.97. The van der Waals surface area contributed by atoms with Crippen molar-refractivity contribution < 1.29 is 14.6 Å². The van der Waals surface area contributed by atoms with Gasteiger partial charge in [0.25, 0.3) is 0 Å². The van der Waals surface area contributed by atoms with Crippen molar-refractivity contribution in [2.75, 3.05) is 7.11 Å². The van der Waals surface area contributed by atoms with Gasteiger partial charge in [0.2, 0.25) is 5.90 Å². The van der Waals surface area contributed by atoms with E-state index in [4.69, 9.17) is 9.47 Å². The van der Waals surface area contributed by atoms with Crippen LogP contribution in [0.15, 0.2) is 102 Å². The lowest BCUT2D eigenvalue weighted by molar-refractivity contribution is 0.302. The van der Waals surface area contributed by atoms with Gasteiger partial charge in [-0.2, -0.15) is 0 Å². The lowest BCUT2D eigenvalue weighted by Crippen LogP contribution is -2.08. The first-order valence-corrected chi connectivity index (χ1v) is 10.3. The Balaban J connectivity index is 0.00000233. The van der Waals surface area contributed by atoms with Gasteiger partial charge < -0.3 is 14.6 Å². The van der Waals surface area contributed by atoms with Gasteiger partial charge in [-0.25, -0.2) is 4.99 Å². The summed E-state index contributed by atoms with van der Waals surface area (Å²) in [7, 11) is 1.52. The number of phenolic OH excluding ortho intramolecular Hbond substituents is 1. The van der Waals surface area contributed by atoms with Gasteiger partial charge >= 0.3 is 0 Å². The predicted octanol–water partition coefficient (Wildman–Crippen LogP) is 6.98. The van der Waals surface area contributed by atoms with Gasteiger partial charge in [0, 0.05) is 0 Å². The molecule has 164 valence electrons. The summed E-state index contributed by atoms with van der Waals surface area (Å²) in [5.74, 6) is 0.922. The Kier molecular flexibility index (Phi) is 11.2. The van der Waals surface area contributed by atoms with E-state index >= 15 is 0 Å². The zero-order valence-electron chi connectivity index (χ0n) is 19.2. The Labute approximate surface area is 186 Å². The van der Waals surface area contributed by atoms with Gasteiger partial charge in [-0.15, -0.1) is 0 Å². The third kappa shape index (κ3) is 8.01. The number of rotatable bonds is 8. The number of ether oxygens (including phenoxy) is 2. The predicted molar refractivity (Wildman–Crippen MR) is 131 cm³/mol. The third-order valence-electron chi connectivity index (χ3n) is 4.22. The quantitative estimate of drug-likeness (QED) is 0.285. The standard InChI is InChI=1S/C25H27NO3.C2H6/c1-6-7-11-18(2)19(3)20(4)26-25(28-5)23-16-22(27)14-15-24(23)29-17-21-12-9-8-10-13-21;1-2/h6-16,27H,3-4,17H2,1-2,5H3;1-2H3/b7-6-,18-11-,26-25?;. The molecular formula is C27H33NO3. The Morgan fingerprint density at radius 3 is 2.39 bits per heavy atom. The fourth-order valence-electron chi connectivity index (χ4n) is 2.52. The van der Waals surface area contributed by atoms with Crippen LogP contribution in [0, 0.1) is 0 Å². The Morgan fingerprint density at radius 1 is 1.10 bits per heavy atom. The number of nitrogens with zero attached hydrogens (tertiary/aromatic N) is 1. The summed E-state index contributed by atoms with van der Waals surface area (Å²) >= 11 is 0. The van der Waals surface area contributed by atoms with Crippen molar-refractivity contribution in [1.29, 1.82) is 0 Å². The van der Waals surface area contributed by atoms with Crippen molar-refractivity contribution >= 4 is 5.90 Å². The first-order chi connectivity index (χ1) is 15.0. The summed E-state index contributed by atoms with van der Waals surface area (Å²) in [6, 6.07) is 14.6. The highest BCUT2D eigenvalue weighted by atomic mass is 16.5. The van der Waals surface area contributed by atoms with Crippen LogP contribution in [0.2, 0.25) is 0 Å². The fourth-order valence-corrected chi connectivity index (χ4v) is 2.52. The minimum atomic E-state index is 0.0883. The average Bonchev–Trinajstić information content (AvgIpc) is 2.81. The number of benzene rings is 2. The Morgan fingerprint density at radius 2 is 1.77 bits per heavy atom. The van der Waals surface area contributed by atoms with Crippen LogP contribution in [0.1, 0.15) is 38.8 Å². The molecule has 0 aliphatic rings. The molecule has 0 saturated heterocycles. The summed E-state index contributed by atoms with van der Waals surface area (Å²) in [6.45, 7) is 16.3.